The van der Waals surface area contributed by atoms with Crippen LogP contribution in [0.1, 0.15) is 51.4 Å². The molecule has 19 heavy (non-hydrogen) atoms. The SMILES string of the molecule is NC1CCCN(C2CCCCCC2)C1.O=S(=O)(O)O. The molecule has 2 rings (SSSR count). The fourth-order valence-electron chi connectivity index (χ4n) is 2.99. The summed E-state index contributed by atoms with van der Waals surface area (Å²) >= 11 is 0. The molecule has 0 bridgehead atoms. The standard InChI is InChI=1S/C12H24N2.H2O4S/c13-11-6-5-9-14(10-11)12-7-3-1-2-4-8-12;1-5(2,3)4/h11-12H,1-10,13H2;(H2,1,2,3,4). The van der Waals surface area contributed by atoms with Crippen molar-refractivity contribution in [2.75, 3.05) is 13.1 Å². The molecule has 1 heterocycles. The van der Waals surface area contributed by atoms with Crippen LogP contribution in [0.25, 0.3) is 0 Å². The normalized spacial score (nSPS) is 27.2. The Kier molecular flexibility index (Phi) is 7.23. The molecule has 2 aliphatic rings. The Morgan fingerprint density at radius 1 is 0.947 bits per heavy atom. The van der Waals surface area contributed by atoms with E-state index in [0.717, 1.165) is 12.6 Å². The maximum atomic E-state index is 8.74. The summed E-state index contributed by atoms with van der Waals surface area (Å²) < 4.78 is 31.6. The van der Waals surface area contributed by atoms with Crippen molar-refractivity contribution in [1.82, 2.24) is 4.90 Å². The van der Waals surface area contributed by atoms with Crippen LogP contribution < -0.4 is 5.73 Å². The molecule has 0 aromatic heterocycles. The van der Waals surface area contributed by atoms with Gasteiger partial charge in [-0.15, -0.1) is 0 Å². The summed E-state index contributed by atoms with van der Waals surface area (Å²) in [5.41, 5.74) is 6.03. The van der Waals surface area contributed by atoms with Gasteiger partial charge in [0.25, 0.3) is 0 Å². The summed E-state index contributed by atoms with van der Waals surface area (Å²) in [6, 6.07) is 1.32. The molecule has 7 heteroatoms. The lowest BCUT2D eigenvalue weighted by molar-refractivity contribution is 0.136. The molecule has 114 valence electrons. The second-order valence-electron chi connectivity index (χ2n) is 5.49. The van der Waals surface area contributed by atoms with Crippen molar-refractivity contribution in [2.45, 2.75) is 63.5 Å². The first-order chi connectivity index (χ1) is 8.86. The minimum absolute atomic E-state index is 0.451. The van der Waals surface area contributed by atoms with Gasteiger partial charge >= 0.3 is 10.4 Å². The number of piperidine rings is 1. The van der Waals surface area contributed by atoms with Gasteiger partial charge in [-0.3, -0.25) is 14.0 Å². The maximum absolute atomic E-state index is 8.74. The van der Waals surface area contributed by atoms with E-state index in [1.807, 2.05) is 0 Å². The van der Waals surface area contributed by atoms with Crippen molar-refractivity contribution >= 4 is 10.4 Å². The average molecular weight is 294 g/mol. The summed E-state index contributed by atoms with van der Waals surface area (Å²) in [6.07, 6.45) is 11.2. The fourth-order valence-corrected chi connectivity index (χ4v) is 2.99. The topological polar surface area (TPSA) is 104 Å². The smallest absolute Gasteiger partial charge is 0.327 e. The summed E-state index contributed by atoms with van der Waals surface area (Å²) in [6.45, 7) is 2.46. The Morgan fingerprint density at radius 3 is 1.95 bits per heavy atom. The van der Waals surface area contributed by atoms with Gasteiger partial charge in [0.2, 0.25) is 0 Å². The zero-order chi connectivity index (χ0) is 14.3. The van der Waals surface area contributed by atoms with Crippen LogP contribution in [0.3, 0.4) is 0 Å². The number of hydrogen-bond acceptors (Lipinski definition) is 4. The molecular weight excluding hydrogens is 268 g/mol. The van der Waals surface area contributed by atoms with E-state index in [1.165, 1.54) is 57.9 Å². The van der Waals surface area contributed by atoms with Crippen LogP contribution in [0.2, 0.25) is 0 Å². The van der Waals surface area contributed by atoms with E-state index in [9.17, 15) is 0 Å². The van der Waals surface area contributed by atoms with E-state index in [4.69, 9.17) is 23.3 Å². The highest BCUT2D eigenvalue weighted by Gasteiger charge is 2.24. The van der Waals surface area contributed by atoms with Crippen molar-refractivity contribution in [3.63, 3.8) is 0 Å². The molecule has 0 aromatic rings. The molecule has 0 aromatic carbocycles. The van der Waals surface area contributed by atoms with Crippen molar-refractivity contribution in [3.05, 3.63) is 0 Å². The highest BCUT2D eigenvalue weighted by Crippen LogP contribution is 2.24. The highest BCUT2D eigenvalue weighted by molar-refractivity contribution is 7.79. The lowest BCUT2D eigenvalue weighted by atomic mass is 10.0. The maximum Gasteiger partial charge on any atom is 0.394 e. The van der Waals surface area contributed by atoms with E-state index >= 15 is 0 Å². The first-order valence-electron chi connectivity index (χ1n) is 7.06. The minimum atomic E-state index is -4.67. The van der Waals surface area contributed by atoms with Crippen molar-refractivity contribution in [1.29, 1.82) is 0 Å². The Morgan fingerprint density at radius 2 is 1.47 bits per heavy atom. The van der Waals surface area contributed by atoms with Crippen molar-refractivity contribution in [3.8, 4) is 0 Å². The minimum Gasteiger partial charge on any atom is -0.327 e. The Labute approximate surface area is 115 Å². The fraction of sp³-hybridized carbons (Fsp3) is 1.00. The van der Waals surface area contributed by atoms with Crippen LogP contribution in [0, 0.1) is 0 Å². The van der Waals surface area contributed by atoms with Crippen LogP contribution in [-0.4, -0.2) is 47.6 Å². The van der Waals surface area contributed by atoms with Crippen LogP contribution in [0.4, 0.5) is 0 Å². The van der Waals surface area contributed by atoms with Gasteiger partial charge in [-0.05, 0) is 32.2 Å². The number of rotatable bonds is 1. The number of hydrogen-bond donors (Lipinski definition) is 3. The molecule has 1 aliphatic carbocycles. The quantitative estimate of drug-likeness (QED) is 0.500. The molecule has 0 radical (unpaired) electrons. The number of likely N-dealkylation sites (tertiary alicyclic amines) is 1. The second-order valence-corrected chi connectivity index (χ2v) is 6.39. The van der Waals surface area contributed by atoms with E-state index < -0.39 is 10.4 Å². The van der Waals surface area contributed by atoms with Crippen molar-refractivity contribution < 1.29 is 17.5 Å². The molecule has 0 spiro atoms. The molecule has 1 aliphatic heterocycles. The largest absolute Gasteiger partial charge is 0.394 e. The monoisotopic (exact) mass is 294 g/mol. The lowest BCUT2D eigenvalue weighted by Gasteiger charge is -2.36. The molecule has 0 amide bonds. The molecule has 2 fully saturated rings. The van der Waals surface area contributed by atoms with Gasteiger partial charge in [0, 0.05) is 18.6 Å². The van der Waals surface area contributed by atoms with E-state index in [-0.39, 0.29) is 0 Å². The number of nitrogens with two attached hydrogens (primary N) is 1. The van der Waals surface area contributed by atoms with Gasteiger partial charge in [0.1, 0.15) is 0 Å². The third-order valence-corrected chi connectivity index (χ3v) is 3.83. The van der Waals surface area contributed by atoms with Gasteiger partial charge in [0.15, 0.2) is 0 Å². The first-order valence-corrected chi connectivity index (χ1v) is 8.45. The van der Waals surface area contributed by atoms with Gasteiger partial charge < -0.3 is 5.73 Å². The molecule has 6 nitrogen and oxygen atoms in total. The van der Waals surface area contributed by atoms with E-state index in [2.05, 4.69) is 4.90 Å². The van der Waals surface area contributed by atoms with Crippen LogP contribution in [0.15, 0.2) is 0 Å². The molecule has 4 N–H and O–H groups in total. The molecule has 1 atom stereocenters. The van der Waals surface area contributed by atoms with Gasteiger partial charge in [-0.2, -0.15) is 8.42 Å². The third-order valence-electron chi connectivity index (χ3n) is 3.83. The summed E-state index contributed by atoms with van der Waals surface area (Å²) in [5.74, 6) is 0. The zero-order valence-corrected chi connectivity index (χ0v) is 12.2. The van der Waals surface area contributed by atoms with Gasteiger partial charge in [-0.25, -0.2) is 0 Å². The molecule has 1 unspecified atom stereocenters. The average Bonchev–Trinajstić information content (AvgIpc) is 2.55. The van der Waals surface area contributed by atoms with Gasteiger partial charge in [0.05, 0.1) is 0 Å². The molecule has 1 saturated heterocycles. The van der Waals surface area contributed by atoms with Crippen molar-refractivity contribution in [2.24, 2.45) is 5.73 Å². The van der Waals surface area contributed by atoms with Gasteiger partial charge in [-0.1, -0.05) is 25.7 Å². The van der Waals surface area contributed by atoms with Crippen LogP contribution in [0.5, 0.6) is 0 Å². The summed E-state index contributed by atoms with van der Waals surface area (Å²) in [7, 11) is -4.67. The Balaban J connectivity index is 0.000000312. The van der Waals surface area contributed by atoms with Crippen LogP contribution in [-0.2, 0) is 10.4 Å². The predicted octanol–water partition coefficient (Wildman–Crippen LogP) is 1.48. The van der Waals surface area contributed by atoms with Crippen LogP contribution >= 0.6 is 0 Å². The lowest BCUT2D eigenvalue weighted by Crippen LogP contribution is -2.47. The van der Waals surface area contributed by atoms with E-state index in [1.54, 1.807) is 0 Å². The Hall–Kier alpha value is -0.210. The second kappa shape index (κ2) is 8.16. The number of nitrogens with zero attached hydrogens (tertiary/aromatic N) is 1. The molecule has 1 saturated carbocycles. The zero-order valence-electron chi connectivity index (χ0n) is 11.4. The summed E-state index contributed by atoms with van der Waals surface area (Å²) in [5, 5.41) is 0. The van der Waals surface area contributed by atoms with E-state index in [0.29, 0.717) is 6.04 Å². The first kappa shape index (κ1) is 16.8. The summed E-state index contributed by atoms with van der Waals surface area (Å²) in [4.78, 5) is 2.67. The predicted molar refractivity (Wildman–Crippen MR) is 74.4 cm³/mol. The highest BCUT2D eigenvalue weighted by atomic mass is 32.3. The molecular formula is C12H26N2O4S. The third kappa shape index (κ3) is 8.54. The Bertz CT molecular complexity index is 332.